The van der Waals surface area contributed by atoms with Crippen LogP contribution in [0, 0.1) is 0 Å². The molecule has 3 heteroatoms. The second kappa shape index (κ2) is 5.97. The minimum atomic E-state index is 0.390. The number of aldehydes is 1. The lowest BCUT2D eigenvalue weighted by Crippen LogP contribution is -2.24. The molecule has 4 bridgehead atoms. The topological polar surface area (TPSA) is 35.5 Å². The van der Waals surface area contributed by atoms with Crippen molar-refractivity contribution in [3.63, 3.8) is 0 Å². The lowest BCUT2D eigenvalue weighted by molar-refractivity contribution is 0.112. The van der Waals surface area contributed by atoms with E-state index in [-0.39, 0.29) is 0 Å². The van der Waals surface area contributed by atoms with E-state index in [0.29, 0.717) is 17.4 Å². The average Bonchev–Trinajstić information content (AvgIpc) is 2.58. The Bertz CT molecular complexity index is 794. The molecule has 3 nitrogen and oxygen atoms in total. The van der Waals surface area contributed by atoms with Crippen LogP contribution in [0.1, 0.15) is 57.3 Å². The van der Waals surface area contributed by atoms with Gasteiger partial charge in [0.05, 0.1) is 19.8 Å². The first-order chi connectivity index (χ1) is 11.7. The molecule has 1 fully saturated rings. The molecule has 1 saturated carbocycles. The van der Waals surface area contributed by atoms with Crippen molar-refractivity contribution >= 4 is 6.29 Å². The smallest absolute Gasteiger partial charge is 0.153 e. The van der Waals surface area contributed by atoms with Gasteiger partial charge in [0.2, 0.25) is 0 Å². The third-order valence-corrected chi connectivity index (χ3v) is 5.61. The van der Waals surface area contributed by atoms with E-state index in [1.807, 2.05) is 6.07 Å². The molecule has 2 aromatic carbocycles. The van der Waals surface area contributed by atoms with Crippen molar-refractivity contribution < 1.29 is 14.3 Å². The summed E-state index contributed by atoms with van der Waals surface area (Å²) in [6, 6.07) is 10.8. The van der Waals surface area contributed by atoms with Crippen molar-refractivity contribution in [2.75, 3.05) is 14.2 Å². The molecule has 124 valence electrons. The molecule has 0 aromatic heterocycles. The fourth-order valence-electron chi connectivity index (χ4n) is 4.24. The van der Waals surface area contributed by atoms with E-state index in [0.717, 1.165) is 43.5 Å². The molecular formula is C21H22O3. The van der Waals surface area contributed by atoms with Crippen molar-refractivity contribution in [3.8, 4) is 11.5 Å². The van der Waals surface area contributed by atoms with E-state index < -0.39 is 0 Å². The van der Waals surface area contributed by atoms with Gasteiger partial charge in [-0.15, -0.1) is 0 Å². The normalized spacial score (nSPS) is 21.2. The van der Waals surface area contributed by atoms with Gasteiger partial charge in [0.15, 0.2) is 6.29 Å². The number of aryl methyl sites for hydroxylation is 2. The van der Waals surface area contributed by atoms with Crippen LogP contribution in [0.5, 0.6) is 11.5 Å². The van der Waals surface area contributed by atoms with E-state index in [9.17, 15) is 4.79 Å². The molecule has 0 heterocycles. The number of carbonyl (C=O) groups excluding carboxylic acids is 1. The quantitative estimate of drug-likeness (QED) is 0.791. The Labute approximate surface area is 142 Å². The predicted molar refractivity (Wildman–Crippen MR) is 93.5 cm³/mol. The van der Waals surface area contributed by atoms with Crippen LogP contribution >= 0.6 is 0 Å². The van der Waals surface area contributed by atoms with Crippen LogP contribution in [0.25, 0.3) is 0 Å². The number of rotatable bonds is 3. The number of methoxy groups -OCH3 is 2. The number of hydrogen-bond donors (Lipinski definition) is 0. The zero-order valence-electron chi connectivity index (χ0n) is 14.2. The highest BCUT2D eigenvalue weighted by Gasteiger charge is 2.37. The maximum Gasteiger partial charge on any atom is 0.153 e. The highest BCUT2D eigenvalue weighted by atomic mass is 16.5. The highest BCUT2D eigenvalue weighted by molar-refractivity contribution is 5.81. The Kier molecular flexibility index (Phi) is 3.79. The van der Waals surface area contributed by atoms with Crippen molar-refractivity contribution in [2.45, 2.75) is 37.5 Å². The van der Waals surface area contributed by atoms with Gasteiger partial charge in [0, 0.05) is 0 Å². The van der Waals surface area contributed by atoms with Crippen LogP contribution in [0.2, 0.25) is 0 Å². The van der Waals surface area contributed by atoms with E-state index in [4.69, 9.17) is 9.47 Å². The van der Waals surface area contributed by atoms with Crippen LogP contribution in [-0.4, -0.2) is 20.5 Å². The lowest BCUT2D eigenvalue weighted by atomic mass is 9.65. The molecule has 2 aliphatic carbocycles. The minimum Gasteiger partial charge on any atom is -0.496 e. The maximum atomic E-state index is 11.6. The van der Waals surface area contributed by atoms with Gasteiger partial charge < -0.3 is 9.47 Å². The van der Waals surface area contributed by atoms with Gasteiger partial charge in [-0.2, -0.15) is 0 Å². The molecule has 0 spiro atoms. The second-order valence-corrected chi connectivity index (χ2v) is 6.79. The van der Waals surface area contributed by atoms with Crippen LogP contribution in [-0.2, 0) is 12.8 Å². The molecule has 2 atom stereocenters. The zero-order valence-corrected chi connectivity index (χ0v) is 14.2. The first kappa shape index (κ1) is 15.3. The van der Waals surface area contributed by atoms with Gasteiger partial charge in [0.25, 0.3) is 0 Å². The van der Waals surface area contributed by atoms with E-state index >= 15 is 0 Å². The molecule has 0 saturated heterocycles. The first-order valence-electron chi connectivity index (χ1n) is 8.58. The summed E-state index contributed by atoms with van der Waals surface area (Å²) in [5.41, 5.74) is 5.71. The summed E-state index contributed by atoms with van der Waals surface area (Å²) < 4.78 is 11.2. The summed E-state index contributed by atoms with van der Waals surface area (Å²) in [5, 5.41) is 0. The average molecular weight is 322 g/mol. The summed E-state index contributed by atoms with van der Waals surface area (Å²) in [7, 11) is 3.40. The Morgan fingerprint density at radius 3 is 2.29 bits per heavy atom. The fraction of sp³-hybridized carbons (Fsp3) is 0.381. The van der Waals surface area contributed by atoms with Crippen LogP contribution in [0.15, 0.2) is 30.3 Å². The Hall–Kier alpha value is -2.29. The third-order valence-electron chi connectivity index (χ3n) is 5.61. The second-order valence-electron chi connectivity index (χ2n) is 6.79. The van der Waals surface area contributed by atoms with Gasteiger partial charge >= 0.3 is 0 Å². The van der Waals surface area contributed by atoms with Crippen LogP contribution in [0.3, 0.4) is 0 Å². The molecule has 2 unspecified atom stereocenters. The summed E-state index contributed by atoms with van der Waals surface area (Å²) in [4.78, 5) is 11.6. The predicted octanol–water partition coefficient (Wildman–Crippen LogP) is 4.28. The van der Waals surface area contributed by atoms with E-state index in [1.165, 1.54) is 22.3 Å². The molecule has 0 aliphatic heterocycles. The standard InChI is InChI=1S/C21H22O3/c1-23-20-8-5-13-3-4-14-9-15(12-22)21(24-2)19(11-14)17-7-6-16(17)18(20)10-13/h5,8-12,16-17H,3-4,6-7H2,1-2H3. The largest absolute Gasteiger partial charge is 0.496 e. The Morgan fingerprint density at radius 2 is 1.62 bits per heavy atom. The molecule has 24 heavy (non-hydrogen) atoms. The van der Waals surface area contributed by atoms with Gasteiger partial charge in [-0.25, -0.2) is 0 Å². The monoisotopic (exact) mass is 322 g/mol. The number of benzene rings is 2. The van der Waals surface area contributed by atoms with Crippen molar-refractivity contribution in [1.29, 1.82) is 0 Å². The van der Waals surface area contributed by atoms with E-state index in [2.05, 4.69) is 24.3 Å². The lowest BCUT2D eigenvalue weighted by Gasteiger charge is -2.39. The summed E-state index contributed by atoms with van der Waals surface area (Å²) in [5.74, 6) is 2.54. The van der Waals surface area contributed by atoms with Gasteiger partial charge in [-0.05, 0) is 71.9 Å². The van der Waals surface area contributed by atoms with E-state index in [1.54, 1.807) is 14.2 Å². The van der Waals surface area contributed by atoms with Crippen molar-refractivity contribution in [2.24, 2.45) is 0 Å². The molecule has 0 radical (unpaired) electrons. The number of ether oxygens (including phenoxy) is 2. The number of fused-ring (bicyclic) bond motifs is 7. The summed E-state index contributed by atoms with van der Waals surface area (Å²) in [6.07, 6.45) is 5.09. The molecule has 0 N–H and O–H groups in total. The fourth-order valence-corrected chi connectivity index (χ4v) is 4.24. The van der Waals surface area contributed by atoms with Crippen molar-refractivity contribution in [1.82, 2.24) is 0 Å². The van der Waals surface area contributed by atoms with Gasteiger partial charge in [-0.1, -0.05) is 18.2 Å². The molecule has 2 aliphatic rings. The Balaban J connectivity index is 1.89. The summed E-state index contributed by atoms with van der Waals surface area (Å²) in [6.45, 7) is 0. The number of carbonyl (C=O) groups is 1. The molecular weight excluding hydrogens is 300 g/mol. The van der Waals surface area contributed by atoms with Gasteiger partial charge in [-0.3, -0.25) is 4.79 Å². The zero-order chi connectivity index (χ0) is 16.7. The Morgan fingerprint density at radius 1 is 0.917 bits per heavy atom. The molecule has 2 aromatic rings. The molecule has 0 amide bonds. The maximum absolute atomic E-state index is 11.6. The minimum absolute atomic E-state index is 0.390. The van der Waals surface area contributed by atoms with Crippen molar-refractivity contribution in [3.05, 3.63) is 58.1 Å². The highest BCUT2D eigenvalue weighted by Crippen LogP contribution is 2.54. The van der Waals surface area contributed by atoms with Gasteiger partial charge in [0.1, 0.15) is 11.5 Å². The third kappa shape index (κ3) is 2.31. The first-order valence-corrected chi connectivity index (χ1v) is 8.58. The number of hydrogen-bond acceptors (Lipinski definition) is 3. The SMILES string of the molecule is COc1ccc2cc1C1CCC1c1cc(cc(C=O)c1OC)CC2. The molecule has 4 rings (SSSR count). The summed E-state index contributed by atoms with van der Waals surface area (Å²) >= 11 is 0. The van der Waals surface area contributed by atoms with Crippen LogP contribution in [0.4, 0.5) is 0 Å². The van der Waals surface area contributed by atoms with Crippen LogP contribution < -0.4 is 9.47 Å².